The van der Waals surface area contributed by atoms with Crippen LogP contribution in [0.3, 0.4) is 0 Å². The van der Waals surface area contributed by atoms with E-state index in [4.69, 9.17) is 4.74 Å². The van der Waals surface area contributed by atoms with Gasteiger partial charge in [0.1, 0.15) is 23.5 Å². The Morgan fingerprint density at radius 1 is 0.950 bits per heavy atom. The quantitative estimate of drug-likeness (QED) is 0.259. The smallest absolute Gasteiger partial charge is 0.140 e. The van der Waals surface area contributed by atoms with Crippen LogP contribution in [-0.2, 0) is 13.6 Å². The number of benzene rings is 1. The Morgan fingerprint density at radius 3 is 2.55 bits per heavy atom. The SMILES string of the molecule is Cn1cc(-c2ccc(CNc3cc(-c4cnc5cc(OCC(C)(C)CN6CCCC6)ccn45)ncn3)cc2)cn1. The molecule has 1 aliphatic heterocycles. The highest BCUT2D eigenvalue weighted by atomic mass is 16.5. The van der Waals surface area contributed by atoms with E-state index in [1.165, 1.54) is 31.5 Å². The van der Waals surface area contributed by atoms with Gasteiger partial charge in [-0.15, -0.1) is 0 Å². The van der Waals surface area contributed by atoms with Crippen molar-refractivity contribution < 1.29 is 4.74 Å². The molecule has 1 aromatic carbocycles. The first-order chi connectivity index (χ1) is 19.4. The summed E-state index contributed by atoms with van der Waals surface area (Å²) < 4.78 is 10.1. The van der Waals surface area contributed by atoms with Crippen LogP contribution in [0.15, 0.2) is 73.6 Å². The van der Waals surface area contributed by atoms with Gasteiger partial charge in [-0.3, -0.25) is 9.08 Å². The summed E-state index contributed by atoms with van der Waals surface area (Å²) >= 11 is 0. The zero-order valence-corrected chi connectivity index (χ0v) is 23.4. The molecule has 9 heteroatoms. The highest BCUT2D eigenvalue weighted by Crippen LogP contribution is 2.26. The highest BCUT2D eigenvalue weighted by Gasteiger charge is 2.24. The summed E-state index contributed by atoms with van der Waals surface area (Å²) in [5.41, 5.74) is 6.04. The number of hydrogen-bond donors (Lipinski definition) is 1. The van der Waals surface area contributed by atoms with Crippen LogP contribution in [0.4, 0.5) is 5.82 Å². The van der Waals surface area contributed by atoms with Crippen molar-refractivity contribution in [3.05, 3.63) is 79.1 Å². The molecule has 40 heavy (non-hydrogen) atoms. The Kier molecular flexibility index (Phi) is 7.21. The van der Waals surface area contributed by atoms with Gasteiger partial charge in [-0.25, -0.2) is 15.0 Å². The van der Waals surface area contributed by atoms with E-state index in [1.54, 1.807) is 6.33 Å². The van der Waals surface area contributed by atoms with E-state index < -0.39 is 0 Å². The van der Waals surface area contributed by atoms with Crippen LogP contribution in [0.1, 0.15) is 32.3 Å². The minimum atomic E-state index is 0.0861. The number of fused-ring (bicyclic) bond motifs is 1. The number of imidazole rings is 1. The third kappa shape index (κ3) is 5.99. The van der Waals surface area contributed by atoms with Crippen molar-refractivity contribution in [3.63, 3.8) is 0 Å². The van der Waals surface area contributed by atoms with E-state index >= 15 is 0 Å². The largest absolute Gasteiger partial charge is 0.493 e. The van der Waals surface area contributed by atoms with Crippen molar-refractivity contribution in [1.29, 1.82) is 0 Å². The standard InChI is InChI=1S/C31H36N8O/c1-31(2,20-38-11-4-5-12-38)21-40-26-10-13-39-28(18-33-30(39)14-26)27-15-29(35-22-34-27)32-16-23-6-8-24(9-7-23)25-17-36-37(3)19-25/h6-10,13-15,17-19,22H,4-5,11-12,16,20-21H2,1-3H3,(H,32,34,35). The number of rotatable bonds is 10. The molecule has 0 unspecified atom stereocenters. The van der Waals surface area contributed by atoms with Crippen LogP contribution >= 0.6 is 0 Å². The van der Waals surface area contributed by atoms with Crippen LogP contribution in [0, 0.1) is 5.41 Å². The Morgan fingerprint density at radius 2 is 1.77 bits per heavy atom. The molecular formula is C31H36N8O. The lowest BCUT2D eigenvalue weighted by atomic mass is 9.94. The summed E-state index contributed by atoms with van der Waals surface area (Å²) in [6.07, 6.45) is 11.9. The Bertz CT molecular complexity index is 1580. The molecule has 206 valence electrons. The zero-order chi connectivity index (χ0) is 27.5. The van der Waals surface area contributed by atoms with Gasteiger partial charge in [-0.05, 0) is 43.1 Å². The molecule has 4 aromatic heterocycles. The number of aromatic nitrogens is 6. The zero-order valence-electron chi connectivity index (χ0n) is 23.4. The number of likely N-dealkylation sites (tertiary alicyclic amines) is 1. The van der Waals surface area contributed by atoms with Gasteiger partial charge in [-0.1, -0.05) is 38.1 Å². The average molecular weight is 537 g/mol. The summed E-state index contributed by atoms with van der Waals surface area (Å²) in [7, 11) is 1.93. The first-order valence-electron chi connectivity index (χ1n) is 13.9. The van der Waals surface area contributed by atoms with Crippen molar-refractivity contribution in [3.8, 4) is 28.3 Å². The van der Waals surface area contributed by atoms with E-state index in [2.05, 4.69) is 68.4 Å². The van der Waals surface area contributed by atoms with Crippen LogP contribution in [-0.4, -0.2) is 60.3 Å². The Labute approximate surface area is 234 Å². The maximum atomic E-state index is 6.21. The number of ether oxygens (including phenoxy) is 1. The van der Waals surface area contributed by atoms with E-state index in [0.29, 0.717) is 13.2 Å². The van der Waals surface area contributed by atoms with Crippen molar-refractivity contribution in [2.75, 3.05) is 31.6 Å². The van der Waals surface area contributed by atoms with Gasteiger partial charge in [0.2, 0.25) is 0 Å². The number of nitrogens with one attached hydrogen (secondary N) is 1. The third-order valence-electron chi connectivity index (χ3n) is 7.36. The molecule has 5 heterocycles. The van der Waals surface area contributed by atoms with Crippen molar-refractivity contribution in [2.45, 2.75) is 33.2 Å². The number of anilines is 1. The second-order valence-corrected chi connectivity index (χ2v) is 11.4. The van der Waals surface area contributed by atoms with Gasteiger partial charge in [0.05, 0.1) is 30.4 Å². The molecule has 0 spiro atoms. The van der Waals surface area contributed by atoms with Crippen molar-refractivity contribution in [1.82, 2.24) is 34.0 Å². The molecule has 0 saturated carbocycles. The lowest BCUT2D eigenvalue weighted by molar-refractivity contribution is 0.129. The molecule has 6 rings (SSSR count). The highest BCUT2D eigenvalue weighted by molar-refractivity contribution is 5.64. The van der Waals surface area contributed by atoms with Crippen LogP contribution in [0.25, 0.3) is 28.2 Å². The normalized spacial score (nSPS) is 14.2. The number of nitrogens with zero attached hydrogens (tertiary/aromatic N) is 7. The molecule has 5 aromatic rings. The fourth-order valence-electron chi connectivity index (χ4n) is 5.28. The Hall–Kier alpha value is -4.24. The maximum Gasteiger partial charge on any atom is 0.140 e. The molecule has 1 N–H and O–H groups in total. The predicted octanol–water partition coefficient (Wildman–Crippen LogP) is 5.30. The van der Waals surface area contributed by atoms with E-state index in [1.807, 2.05) is 59.1 Å². The molecule has 1 fully saturated rings. The second-order valence-electron chi connectivity index (χ2n) is 11.4. The van der Waals surface area contributed by atoms with Gasteiger partial charge in [-0.2, -0.15) is 5.10 Å². The lowest BCUT2D eigenvalue weighted by Crippen LogP contribution is -2.36. The summed E-state index contributed by atoms with van der Waals surface area (Å²) in [4.78, 5) is 16.1. The monoisotopic (exact) mass is 536 g/mol. The number of aryl methyl sites for hydroxylation is 1. The van der Waals surface area contributed by atoms with Gasteiger partial charge in [0.15, 0.2) is 0 Å². The molecule has 1 aliphatic rings. The van der Waals surface area contributed by atoms with Crippen LogP contribution in [0.5, 0.6) is 5.75 Å². The Balaban J connectivity index is 1.10. The van der Waals surface area contributed by atoms with E-state index in [0.717, 1.165) is 46.3 Å². The van der Waals surface area contributed by atoms with E-state index in [-0.39, 0.29) is 5.41 Å². The van der Waals surface area contributed by atoms with Gasteiger partial charge >= 0.3 is 0 Å². The minimum Gasteiger partial charge on any atom is -0.493 e. The molecular weight excluding hydrogens is 500 g/mol. The number of pyridine rings is 1. The van der Waals surface area contributed by atoms with Gasteiger partial charge < -0.3 is 15.0 Å². The molecule has 0 aliphatic carbocycles. The fraction of sp³-hybridized carbons (Fsp3) is 0.355. The third-order valence-corrected chi connectivity index (χ3v) is 7.36. The van der Waals surface area contributed by atoms with Gasteiger partial charge in [0.25, 0.3) is 0 Å². The number of hydrogen-bond acceptors (Lipinski definition) is 7. The molecule has 9 nitrogen and oxygen atoms in total. The summed E-state index contributed by atoms with van der Waals surface area (Å²) in [5.74, 6) is 1.59. The summed E-state index contributed by atoms with van der Waals surface area (Å²) in [6.45, 7) is 9.33. The second kappa shape index (κ2) is 11.1. The predicted molar refractivity (Wildman–Crippen MR) is 157 cm³/mol. The first kappa shape index (κ1) is 26.0. The topological polar surface area (TPSA) is 85.4 Å². The van der Waals surface area contributed by atoms with Crippen LogP contribution in [0.2, 0.25) is 0 Å². The average Bonchev–Trinajstić information content (AvgIpc) is 3.72. The molecule has 0 bridgehead atoms. The summed E-state index contributed by atoms with van der Waals surface area (Å²) in [5, 5.41) is 7.67. The van der Waals surface area contributed by atoms with Crippen molar-refractivity contribution in [2.24, 2.45) is 12.5 Å². The van der Waals surface area contributed by atoms with Crippen LogP contribution < -0.4 is 10.1 Å². The minimum absolute atomic E-state index is 0.0861. The molecule has 0 amide bonds. The maximum absolute atomic E-state index is 6.21. The van der Waals surface area contributed by atoms with Gasteiger partial charge in [0, 0.05) is 55.6 Å². The molecule has 1 saturated heterocycles. The fourth-order valence-corrected chi connectivity index (χ4v) is 5.28. The summed E-state index contributed by atoms with van der Waals surface area (Å²) in [6, 6.07) is 14.4. The molecule has 0 atom stereocenters. The van der Waals surface area contributed by atoms with Crippen molar-refractivity contribution >= 4 is 11.5 Å². The van der Waals surface area contributed by atoms with E-state index in [9.17, 15) is 0 Å². The molecule has 0 radical (unpaired) electrons. The lowest BCUT2D eigenvalue weighted by Gasteiger charge is -2.29. The first-order valence-corrected chi connectivity index (χ1v) is 13.9.